The lowest BCUT2D eigenvalue weighted by Crippen LogP contribution is -2.38. The van der Waals surface area contributed by atoms with Crippen molar-refractivity contribution in [2.24, 2.45) is 0 Å². The second-order valence-corrected chi connectivity index (χ2v) is 11.7. The number of amides is 2. The Morgan fingerprint density at radius 3 is 1.28 bits per heavy atom. The van der Waals surface area contributed by atoms with Crippen molar-refractivity contribution in [1.82, 2.24) is 0 Å². The molecule has 0 aliphatic rings. The number of benzene rings is 4. The van der Waals surface area contributed by atoms with Crippen molar-refractivity contribution in [3.63, 3.8) is 0 Å². The van der Waals surface area contributed by atoms with Gasteiger partial charge in [-0.3, -0.25) is 9.59 Å². The van der Waals surface area contributed by atoms with E-state index in [1.807, 2.05) is 60.7 Å². The zero-order valence-corrected chi connectivity index (χ0v) is 27.8. The summed E-state index contributed by atoms with van der Waals surface area (Å²) in [5, 5.41) is 0. The monoisotopic (exact) mass is 802 g/mol. The maximum absolute atomic E-state index is 14.0. The van der Waals surface area contributed by atoms with Gasteiger partial charge in [-0.25, -0.2) is 9.59 Å². The molecule has 0 aromatic heterocycles. The number of ether oxygens (including phenoxy) is 2. The molecule has 4 rings (SSSR count). The number of carbonyl (C=O) groups excluding carboxylic acids is 4. The second-order valence-electron chi connectivity index (χ2n) is 9.42. The summed E-state index contributed by atoms with van der Waals surface area (Å²) in [5.74, 6) is -1.77. The van der Waals surface area contributed by atoms with Gasteiger partial charge in [-0.1, -0.05) is 60.7 Å². The Morgan fingerprint density at radius 1 is 0.581 bits per heavy atom. The van der Waals surface area contributed by atoms with Gasteiger partial charge in [0.15, 0.2) is 0 Å². The lowest BCUT2D eigenvalue weighted by Gasteiger charge is -2.28. The molecule has 0 bridgehead atoms. The van der Waals surface area contributed by atoms with Crippen molar-refractivity contribution in [3.8, 4) is 0 Å². The zero-order valence-electron chi connectivity index (χ0n) is 23.5. The Kier molecular flexibility index (Phi) is 11.3. The first-order valence-electron chi connectivity index (χ1n) is 13.2. The van der Waals surface area contributed by atoms with Crippen LogP contribution in [0.3, 0.4) is 0 Å². The van der Waals surface area contributed by atoms with E-state index < -0.39 is 30.2 Å². The number of anilines is 2. The average Bonchev–Trinajstić information content (AvgIpc) is 3.02. The van der Waals surface area contributed by atoms with Gasteiger partial charge in [0.1, 0.15) is 6.42 Å². The van der Waals surface area contributed by atoms with Crippen molar-refractivity contribution in [2.45, 2.75) is 19.5 Å². The Labute approximate surface area is 277 Å². The van der Waals surface area contributed by atoms with E-state index in [1.165, 1.54) is 14.2 Å². The van der Waals surface area contributed by atoms with E-state index in [-0.39, 0.29) is 13.1 Å². The third-order valence-electron chi connectivity index (χ3n) is 6.59. The topological polar surface area (TPSA) is 93.2 Å². The first-order chi connectivity index (χ1) is 20.7. The van der Waals surface area contributed by atoms with E-state index >= 15 is 0 Å². The number of rotatable bonds is 10. The molecule has 0 spiro atoms. The van der Waals surface area contributed by atoms with Crippen LogP contribution in [-0.2, 0) is 32.2 Å². The number of hydrogen-bond donors (Lipinski definition) is 0. The Hall–Kier alpha value is -3.78. The molecular formula is C33H28I2N2O6. The first-order valence-corrected chi connectivity index (χ1v) is 15.3. The molecular weight excluding hydrogens is 774 g/mol. The third kappa shape index (κ3) is 8.20. The molecule has 2 amide bonds. The van der Waals surface area contributed by atoms with Gasteiger partial charge in [0.2, 0.25) is 11.8 Å². The van der Waals surface area contributed by atoms with Gasteiger partial charge in [-0.2, -0.15) is 0 Å². The molecule has 0 atom stereocenters. The molecule has 220 valence electrons. The fourth-order valence-corrected chi connectivity index (χ4v) is 6.02. The summed E-state index contributed by atoms with van der Waals surface area (Å²) in [5.41, 5.74) is 3.62. The first kappa shape index (κ1) is 32.1. The minimum absolute atomic E-state index is 0.227. The van der Waals surface area contributed by atoms with Gasteiger partial charge in [-0.05, 0) is 92.7 Å². The lowest BCUT2D eigenvalue weighted by molar-refractivity contribution is -0.126. The maximum atomic E-state index is 14.0. The van der Waals surface area contributed by atoms with E-state index in [4.69, 9.17) is 9.47 Å². The number of halogens is 2. The summed E-state index contributed by atoms with van der Waals surface area (Å²) in [6.07, 6.45) is -0.413. The van der Waals surface area contributed by atoms with Crippen LogP contribution < -0.4 is 9.80 Å². The van der Waals surface area contributed by atoms with Crippen molar-refractivity contribution >= 4 is 80.3 Å². The molecule has 0 radical (unpaired) electrons. The predicted octanol–water partition coefficient (Wildman–Crippen LogP) is 6.63. The molecule has 0 saturated carbocycles. The van der Waals surface area contributed by atoms with Gasteiger partial charge in [0.05, 0.1) is 49.8 Å². The minimum Gasteiger partial charge on any atom is -0.465 e. The van der Waals surface area contributed by atoms with E-state index in [9.17, 15) is 19.2 Å². The van der Waals surface area contributed by atoms with Crippen LogP contribution >= 0.6 is 45.2 Å². The normalized spacial score (nSPS) is 10.5. The average molecular weight is 802 g/mol. The highest BCUT2D eigenvalue weighted by Gasteiger charge is 2.27. The van der Waals surface area contributed by atoms with E-state index in [0.29, 0.717) is 29.6 Å². The quantitative estimate of drug-likeness (QED) is 0.102. The van der Waals surface area contributed by atoms with Crippen LogP contribution in [0.1, 0.15) is 38.3 Å². The molecule has 0 saturated heterocycles. The fraction of sp³-hybridized carbons (Fsp3) is 0.152. The Morgan fingerprint density at radius 2 is 0.953 bits per heavy atom. The predicted molar refractivity (Wildman–Crippen MR) is 181 cm³/mol. The lowest BCUT2D eigenvalue weighted by atomic mass is 10.1. The molecule has 0 aliphatic heterocycles. The third-order valence-corrected chi connectivity index (χ3v) is 8.32. The Balaban J connectivity index is 1.69. The van der Waals surface area contributed by atoms with Crippen molar-refractivity contribution in [2.75, 3.05) is 24.0 Å². The fourth-order valence-electron chi connectivity index (χ4n) is 4.41. The summed E-state index contributed by atoms with van der Waals surface area (Å²) in [6.45, 7) is 0.454. The van der Waals surface area contributed by atoms with Gasteiger partial charge in [0.25, 0.3) is 0 Å². The molecule has 0 N–H and O–H groups in total. The van der Waals surface area contributed by atoms with Crippen LogP contribution in [0.25, 0.3) is 0 Å². The van der Waals surface area contributed by atoms with Gasteiger partial charge >= 0.3 is 11.9 Å². The Bertz CT molecular complexity index is 1510. The smallest absolute Gasteiger partial charge is 0.337 e. The molecule has 8 nitrogen and oxygen atoms in total. The molecule has 0 aliphatic carbocycles. The highest BCUT2D eigenvalue weighted by Crippen LogP contribution is 2.29. The van der Waals surface area contributed by atoms with Gasteiger partial charge in [-0.15, -0.1) is 0 Å². The largest absolute Gasteiger partial charge is 0.465 e. The van der Waals surface area contributed by atoms with Crippen molar-refractivity contribution in [3.05, 3.63) is 126 Å². The molecule has 4 aromatic carbocycles. The summed E-state index contributed by atoms with van der Waals surface area (Å²) in [7, 11) is 2.62. The highest BCUT2D eigenvalue weighted by atomic mass is 127. The summed E-state index contributed by atoms with van der Waals surface area (Å²) >= 11 is 4.16. The van der Waals surface area contributed by atoms with Gasteiger partial charge < -0.3 is 19.3 Å². The second kappa shape index (κ2) is 15.1. The number of hydrogen-bond acceptors (Lipinski definition) is 6. The molecule has 0 heterocycles. The van der Waals surface area contributed by atoms with Crippen LogP contribution in [0, 0.1) is 7.14 Å². The van der Waals surface area contributed by atoms with E-state index in [2.05, 4.69) is 45.2 Å². The highest BCUT2D eigenvalue weighted by molar-refractivity contribution is 14.1. The summed E-state index contributed by atoms with van der Waals surface area (Å²) < 4.78 is 11.0. The van der Waals surface area contributed by atoms with Gasteiger partial charge in [0, 0.05) is 7.14 Å². The molecule has 0 unspecified atom stereocenters. The summed E-state index contributed by atoms with van der Waals surface area (Å²) in [6, 6.07) is 28.8. The number of esters is 2. The molecule has 4 aromatic rings. The number of nitrogens with zero attached hydrogens (tertiary/aromatic N) is 2. The van der Waals surface area contributed by atoms with Crippen molar-refractivity contribution < 1.29 is 28.7 Å². The van der Waals surface area contributed by atoms with Crippen LogP contribution in [0.2, 0.25) is 0 Å². The van der Waals surface area contributed by atoms with Crippen LogP contribution in [-0.4, -0.2) is 38.0 Å². The molecule has 43 heavy (non-hydrogen) atoms. The molecule has 10 heteroatoms. The molecule has 0 fully saturated rings. The van der Waals surface area contributed by atoms with E-state index in [0.717, 1.165) is 11.1 Å². The minimum atomic E-state index is -0.482. The SMILES string of the molecule is COC(=O)c1ccc(N(Cc2ccccc2)C(=O)CC(=O)N(Cc2ccccc2)c2ccc(C(=O)OC)cc2I)c(I)c1. The number of methoxy groups -OCH3 is 2. The standard InChI is InChI=1S/C33H28I2N2O6/c1-42-32(40)24-13-15-28(26(34)17-24)36(20-22-9-5-3-6-10-22)30(38)19-31(39)37(21-23-11-7-4-8-12-23)29-16-14-25(18-27(29)35)33(41)43-2/h3-18H,19-21H2,1-2H3. The zero-order chi connectivity index (χ0) is 30.9. The van der Waals surface area contributed by atoms with Crippen LogP contribution in [0.4, 0.5) is 11.4 Å². The van der Waals surface area contributed by atoms with Crippen molar-refractivity contribution in [1.29, 1.82) is 0 Å². The number of carbonyl (C=O) groups is 4. The van der Waals surface area contributed by atoms with Crippen LogP contribution in [0.5, 0.6) is 0 Å². The maximum Gasteiger partial charge on any atom is 0.337 e. The van der Waals surface area contributed by atoms with E-state index in [1.54, 1.807) is 46.2 Å². The summed E-state index contributed by atoms with van der Waals surface area (Å²) in [4.78, 5) is 55.2. The van der Waals surface area contributed by atoms with Crippen LogP contribution in [0.15, 0.2) is 97.1 Å².